The lowest BCUT2D eigenvalue weighted by Gasteiger charge is -2.32. The molecule has 0 aliphatic carbocycles. The molecule has 2 rings (SSSR count). The van der Waals surface area contributed by atoms with Gasteiger partial charge in [0.15, 0.2) is 0 Å². The lowest BCUT2D eigenvalue weighted by Crippen LogP contribution is -2.52. The van der Waals surface area contributed by atoms with E-state index in [2.05, 4.69) is 15.5 Å². The Morgan fingerprint density at radius 1 is 1.15 bits per heavy atom. The first-order chi connectivity index (χ1) is 9.65. The fourth-order valence-corrected chi connectivity index (χ4v) is 2.40. The van der Waals surface area contributed by atoms with Crippen molar-refractivity contribution in [3.8, 4) is 0 Å². The van der Waals surface area contributed by atoms with Crippen molar-refractivity contribution in [2.24, 2.45) is 0 Å². The molecule has 0 bridgehead atoms. The number of nitrogens with one attached hydrogen (secondary N) is 2. The molecule has 0 aromatic rings. The summed E-state index contributed by atoms with van der Waals surface area (Å²) in [6.45, 7) is 4.69. The topological polar surface area (TPSA) is 73.9 Å². The second kappa shape index (κ2) is 7.44. The summed E-state index contributed by atoms with van der Waals surface area (Å²) in [5.41, 5.74) is 0. The van der Waals surface area contributed by atoms with Crippen molar-refractivity contribution in [2.75, 3.05) is 53.0 Å². The molecule has 0 spiro atoms. The Hall–Kier alpha value is -1.34. The van der Waals surface area contributed by atoms with Gasteiger partial charge in [-0.25, -0.2) is 4.79 Å². The predicted octanol–water partition coefficient (Wildman–Crippen LogP) is -0.761. The predicted molar refractivity (Wildman–Crippen MR) is 74.5 cm³/mol. The minimum atomic E-state index is -0.264. The summed E-state index contributed by atoms with van der Waals surface area (Å²) >= 11 is 0. The maximum absolute atomic E-state index is 11.9. The van der Waals surface area contributed by atoms with Gasteiger partial charge in [-0.3, -0.25) is 4.79 Å². The van der Waals surface area contributed by atoms with Gasteiger partial charge in [0.1, 0.15) is 0 Å². The van der Waals surface area contributed by atoms with Crippen LogP contribution in [0.1, 0.15) is 12.8 Å². The minimum absolute atomic E-state index is 0.0137. The van der Waals surface area contributed by atoms with Crippen LogP contribution in [0.5, 0.6) is 0 Å². The van der Waals surface area contributed by atoms with E-state index in [4.69, 9.17) is 4.74 Å². The van der Waals surface area contributed by atoms with Crippen molar-refractivity contribution < 1.29 is 14.3 Å². The van der Waals surface area contributed by atoms with Gasteiger partial charge in [-0.2, -0.15) is 0 Å². The van der Waals surface area contributed by atoms with Gasteiger partial charge in [0.05, 0.1) is 6.54 Å². The van der Waals surface area contributed by atoms with E-state index in [0.29, 0.717) is 13.2 Å². The number of urea groups is 1. The molecule has 2 heterocycles. The van der Waals surface area contributed by atoms with Crippen LogP contribution in [0.2, 0.25) is 0 Å². The highest BCUT2D eigenvalue weighted by Crippen LogP contribution is 2.05. The van der Waals surface area contributed by atoms with Crippen molar-refractivity contribution in [2.45, 2.75) is 18.9 Å². The average molecular weight is 284 g/mol. The van der Waals surface area contributed by atoms with Crippen LogP contribution in [0.15, 0.2) is 0 Å². The van der Waals surface area contributed by atoms with Gasteiger partial charge in [-0.15, -0.1) is 0 Å². The van der Waals surface area contributed by atoms with E-state index < -0.39 is 0 Å². The summed E-state index contributed by atoms with van der Waals surface area (Å²) < 4.78 is 5.23. The van der Waals surface area contributed by atoms with Crippen LogP contribution in [0.4, 0.5) is 4.79 Å². The van der Waals surface area contributed by atoms with Crippen molar-refractivity contribution >= 4 is 11.9 Å². The lowest BCUT2D eigenvalue weighted by atomic mass is 10.1. The van der Waals surface area contributed by atoms with E-state index >= 15 is 0 Å². The normalized spacial score (nSPS) is 21.6. The van der Waals surface area contributed by atoms with E-state index in [1.807, 2.05) is 7.05 Å². The van der Waals surface area contributed by atoms with Crippen LogP contribution in [-0.2, 0) is 9.53 Å². The Kier molecular flexibility index (Phi) is 5.60. The standard InChI is InChI=1S/C13H24N4O3/c1-16-4-6-17(7-5-16)12(18)10-14-13(19)15-11-2-8-20-9-3-11/h11H,2-10H2,1H3,(H2,14,15,19). The molecule has 114 valence electrons. The smallest absolute Gasteiger partial charge is 0.315 e. The van der Waals surface area contributed by atoms with E-state index in [1.54, 1.807) is 4.90 Å². The van der Waals surface area contributed by atoms with E-state index in [0.717, 1.165) is 39.0 Å². The quantitative estimate of drug-likeness (QED) is 0.714. The van der Waals surface area contributed by atoms with Gasteiger partial charge >= 0.3 is 6.03 Å². The highest BCUT2D eigenvalue weighted by Gasteiger charge is 2.20. The fraction of sp³-hybridized carbons (Fsp3) is 0.846. The third kappa shape index (κ3) is 4.64. The summed E-state index contributed by atoms with van der Waals surface area (Å²) in [6.07, 6.45) is 1.67. The Morgan fingerprint density at radius 3 is 2.45 bits per heavy atom. The molecule has 2 aliphatic rings. The highest BCUT2D eigenvalue weighted by molar-refractivity contribution is 5.84. The van der Waals surface area contributed by atoms with Crippen molar-refractivity contribution in [3.63, 3.8) is 0 Å². The molecule has 2 N–H and O–H groups in total. The minimum Gasteiger partial charge on any atom is -0.381 e. The molecule has 3 amide bonds. The van der Waals surface area contributed by atoms with Gasteiger partial charge in [0, 0.05) is 45.4 Å². The average Bonchev–Trinajstić information content (AvgIpc) is 2.46. The molecule has 0 radical (unpaired) electrons. The maximum Gasteiger partial charge on any atom is 0.315 e. The second-order valence-corrected chi connectivity index (χ2v) is 5.40. The number of likely N-dealkylation sites (N-methyl/N-ethyl adjacent to an activating group) is 1. The molecular formula is C13H24N4O3. The van der Waals surface area contributed by atoms with E-state index in [1.165, 1.54) is 0 Å². The van der Waals surface area contributed by atoms with Crippen LogP contribution in [0.25, 0.3) is 0 Å². The zero-order chi connectivity index (χ0) is 14.4. The summed E-state index contributed by atoms with van der Waals surface area (Å²) in [5, 5.41) is 5.52. The zero-order valence-corrected chi connectivity index (χ0v) is 12.1. The summed E-state index contributed by atoms with van der Waals surface area (Å²) in [6, 6.07) is -0.109. The Balaban J connectivity index is 1.63. The van der Waals surface area contributed by atoms with Gasteiger partial charge in [-0.05, 0) is 19.9 Å². The van der Waals surface area contributed by atoms with Crippen LogP contribution in [-0.4, -0.2) is 80.8 Å². The fourth-order valence-electron chi connectivity index (χ4n) is 2.40. The van der Waals surface area contributed by atoms with Gasteiger partial charge in [0.25, 0.3) is 0 Å². The molecule has 0 unspecified atom stereocenters. The van der Waals surface area contributed by atoms with Crippen molar-refractivity contribution in [1.29, 1.82) is 0 Å². The summed E-state index contributed by atoms with van der Waals surface area (Å²) in [5.74, 6) is -0.0137. The lowest BCUT2D eigenvalue weighted by molar-refractivity contribution is -0.131. The van der Waals surface area contributed by atoms with E-state index in [9.17, 15) is 9.59 Å². The molecule has 2 aliphatic heterocycles. The number of carbonyl (C=O) groups excluding carboxylic acids is 2. The van der Waals surface area contributed by atoms with Crippen LogP contribution >= 0.6 is 0 Å². The number of hydrogen-bond acceptors (Lipinski definition) is 4. The highest BCUT2D eigenvalue weighted by atomic mass is 16.5. The Morgan fingerprint density at radius 2 is 1.80 bits per heavy atom. The van der Waals surface area contributed by atoms with Crippen LogP contribution in [0.3, 0.4) is 0 Å². The van der Waals surface area contributed by atoms with E-state index in [-0.39, 0.29) is 24.5 Å². The molecule has 0 saturated carbocycles. The Labute approximate surface area is 119 Å². The number of ether oxygens (including phenoxy) is 1. The molecule has 0 aromatic carbocycles. The zero-order valence-electron chi connectivity index (χ0n) is 12.1. The maximum atomic E-state index is 11.9. The van der Waals surface area contributed by atoms with Crippen molar-refractivity contribution in [1.82, 2.24) is 20.4 Å². The third-order valence-corrected chi connectivity index (χ3v) is 3.81. The monoisotopic (exact) mass is 284 g/mol. The molecule has 7 heteroatoms. The number of hydrogen-bond donors (Lipinski definition) is 2. The SMILES string of the molecule is CN1CCN(C(=O)CNC(=O)NC2CCOCC2)CC1. The Bertz CT molecular complexity index is 337. The molecule has 2 fully saturated rings. The summed E-state index contributed by atoms with van der Waals surface area (Å²) in [4.78, 5) is 27.6. The molecule has 20 heavy (non-hydrogen) atoms. The number of amides is 3. The number of nitrogens with zero attached hydrogens (tertiary/aromatic N) is 2. The first-order valence-corrected chi connectivity index (χ1v) is 7.23. The number of piperazine rings is 1. The van der Waals surface area contributed by atoms with Gasteiger partial charge in [0.2, 0.25) is 5.91 Å². The van der Waals surface area contributed by atoms with Gasteiger partial charge in [-0.1, -0.05) is 0 Å². The number of rotatable bonds is 3. The molecule has 2 saturated heterocycles. The molecule has 0 atom stereocenters. The van der Waals surface area contributed by atoms with Crippen LogP contribution in [0, 0.1) is 0 Å². The third-order valence-electron chi connectivity index (χ3n) is 3.81. The van der Waals surface area contributed by atoms with Gasteiger partial charge < -0.3 is 25.2 Å². The summed E-state index contributed by atoms with van der Waals surface area (Å²) in [7, 11) is 2.04. The molecule has 0 aromatic heterocycles. The first-order valence-electron chi connectivity index (χ1n) is 7.23. The largest absolute Gasteiger partial charge is 0.381 e. The number of carbonyl (C=O) groups is 2. The van der Waals surface area contributed by atoms with Crippen molar-refractivity contribution in [3.05, 3.63) is 0 Å². The van der Waals surface area contributed by atoms with Crippen LogP contribution < -0.4 is 10.6 Å². The first kappa shape index (κ1) is 15.1. The second-order valence-electron chi connectivity index (χ2n) is 5.40. The molecular weight excluding hydrogens is 260 g/mol. The molecule has 7 nitrogen and oxygen atoms in total.